The van der Waals surface area contributed by atoms with Gasteiger partial charge in [0.1, 0.15) is 11.7 Å². The first kappa shape index (κ1) is 30.7. The SMILES string of the molecule is Cc1cccc(C)c1-c1cc2nc(n1)NSc1cccc(c1)C(=O)N1C[C@H](CN(C(=O)OC(C)(C)C)C[C@@H]1CC(C)C)O2. The number of nitrogens with zero attached hydrogens (tertiary/aromatic N) is 4. The minimum atomic E-state index is -0.661. The molecule has 9 nitrogen and oxygen atoms in total. The standard InChI is InChI=1S/C33H41N5O4S/c1-20(2)14-24-17-37(32(40)42-33(5,6)7)18-25-19-38(24)30(39)23-12-9-13-26(15-23)43-36-31-34-27(16-28(35-31)41-25)29-21(3)10-8-11-22(29)4/h8-13,15-16,20,24-25H,14,17-19H2,1-7H3,(H,34,35,36)/t24-,25-/m0/s1. The van der Waals surface area contributed by atoms with E-state index in [-0.39, 0.29) is 18.5 Å². The van der Waals surface area contributed by atoms with Gasteiger partial charge in [-0.25, -0.2) is 9.78 Å². The van der Waals surface area contributed by atoms with Crippen LogP contribution in [-0.4, -0.2) is 69.1 Å². The molecule has 228 valence electrons. The number of benzene rings is 2. The van der Waals surface area contributed by atoms with Gasteiger partial charge in [-0.2, -0.15) is 4.98 Å². The quantitative estimate of drug-likeness (QED) is 0.329. The largest absolute Gasteiger partial charge is 0.470 e. The summed E-state index contributed by atoms with van der Waals surface area (Å²) in [7, 11) is 0. The predicted molar refractivity (Wildman–Crippen MR) is 169 cm³/mol. The van der Waals surface area contributed by atoms with Crippen molar-refractivity contribution in [2.75, 3.05) is 24.4 Å². The molecule has 0 unspecified atom stereocenters. The second-order valence-corrected chi connectivity index (χ2v) is 13.7. The van der Waals surface area contributed by atoms with Crippen molar-refractivity contribution >= 4 is 29.9 Å². The number of nitrogens with one attached hydrogen (secondary N) is 1. The average molecular weight is 604 g/mol. The monoisotopic (exact) mass is 603 g/mol. The van der Waals surface area contributed by atoms with E-state index in [0.29, 0.717) is 36.4 Å². The van der Waals surface area contributed by atoms with Gasteiger partial charge in [0, 0.05) is 28.6 Å². The maximum atomic E-state index is 14.2. The second kappa shape index (κ2) is 12.4. The molecule has 3 heterocycles. The number of amides is 2. The van der Waals surface area contributed by atoms with E-state index in [9.17, 15) is 9.59 Å². The molecule has 1 fully saturated rings. The number of aryl methyl sites for hydroxylation is 2. The van der Waals surface area contributed by atoms with E-state index in [2.05, 4.69) is 44.5 Å². The van der Waals surface area contributed by atoms with E-state index in [4.69, 9.17) is 19.4 Å². The Morgan fingerprint density at radius 3 is 2.49 bits per heavy atom. The highest BCUT2D eigenvalue weighted by atomic mass is 32.2. The van der Waals surface area contributed by atoms with Gasteiger partial charge in [0.2, 0.25) is 11.8 Å². The summed E-state index contributed by atoms with van der Waals surface area (Å²) in [6.07, 6.45) is -0.258. The van der Waals surface area contributed by atoms with Gasteiger partial charge in [0.25, 0.3) is 5.91 Å². The number of hydrogen-bond acceptors (Lipinski definition) is 8. The van der Waals surface area contributed by atoms with Crippen LogP contribution in [0.25, 0.3) is 11.3 Å². The highest BCUT2D eigenvalue weighted by Crippen LogP contribution is 2.32. The van der Waals surface area contributed by atoms with Crippen molar-refractivity contribution in [3.8, 4) is 17.1 Å². The van der Waals surface area contributed by atoms with Gasteiger partial charge < -0.3 is 19.3 Å². The highest BCUT2D eigenvalue weighted by Gasteiger charge is 2.38. The fourth-order valence-electron chi connectivity index (χ4n) is 5.66. The molecule has 0 saturated carbocycles. The number of carbonyl (C=O) groups excluding carboxylic acids is 2. The molecule has 2 aliphatic rings. The number of rotatable bonds is 3. The molecule has 2 atom stereocenters. The zero-order valence-corrected chi connectivity index (χ0v) is 26.8. The minimum absolute atomic E-state index is 0.0963. The van der Waals surface area contributed by atoms with Crippen LogP contribution in [0.2, 0.25) is 0 Å². The fourth-order valence-corrected chi connectivity index (χ4v) is 6.29. The third-order valence-electron chi connectivity index (χ3n) is 7.42. The van der Waals surface area contributed by atoms with Crippen molar-refractivity contribution in [3.05, 3.63) is 65.2 Å². The molecular formula is C33H41N5O4S. The Balaban J connectivity index is 1.62. The lowest BCUT2D eigenvalue weighted by atomic mass is 10.00. The topological polar surface area (TPSA) is 96.9 Å². The lowest BCUT2D eigenvalue weighted by Gasteiger charge is -2.33. The molecule has 2 amide bonds. The first-order chi connectivity index (χ1) is 20.4. The summed E-state index contributed by atoms with van der Waals surface area (Å²) in [5.74, 6) is 0.964. The van der Waals surface area contributed by atoms with Crippen molar-refractivity contribution in [2.45, 2.75) is 77.5 Å². The lowest BCUT2D eigenvalue weighted by Crippen LogP contribution is -2.47. The molecule has 2 aliphatic heterocycles. The molecule has 5 rings (SSSR count). The summed E-state index contributed by atoms with van der Waals surface area (Å²) >= 11 is 1.35. The van der Waals surface area contributed by atoms with E-state index in [1.165, 1.54) is 11.9 Å². The van der Waals surface area contributed by atoms with Crippen molar-refractivity contribution in [3.63, 3.8) is 0 Å². The highest BCUT2D eigenvalue weighted by molar-refractivity contribution is 8.00. The third-order valence-corrected chi connectivity index (χ3v) is 8.20. The van der Waals surface area contributed by atoms with Crippen LogP contribution < -0.4 is 9.46 Å². The Labute approximate surface area is 258 Å². The van der Waals surface area contributed by atoms with Gasteiger partial charge in [-0.1, -0.05) is 38.1 Å². The van der Waals surface area contributed by atoms with Crippen LogP contribution in [0.4, 0.5) is 10.7 Å². The van der Waals surface area contributed by atoms with Gasteiger partial charge in [0.05, 0.1) is 24.8 Å². The summed E-state index contributed by atoms with van der Waals surface area (Å²) < 4.78 is 15.7. The molecule has 1 saturated heterocycles. The number of aromatic nitrogens is 2. The summed E-state index contributed by atoms with van der Waals surface area (Å²) in [5.41, 5.74) is 3.84. The van der Waals surface area contributed by atoms with Crippen LogP contribution >= 0.6 is 11.9 Å². The van der Waals surface area contributed by atoms with Gasteiger partial charge in [-0.15, -0.1) is 0 Å². The molecule has 0 radical (unpaired) electrons. The molecule has 1 N–H and O–H groups in total. The van der Waals surface area contributed by atoms with E-state index in [0.717, 1.165) is 33.7 Å². The Bertz CT molecular complexity index is 1480. The summed E-state index contributed by atoms with van der Waals surface area (Å²) in [6, 6.07) is 15.3. The molecule has 2 aromatic carbocycles. The first-order valence-electron chi connectivity index (χ1n) is 14.8. The molecule has 1 aromatic heterocycles. The van der Waals surface area contributed by atoms with Crippen molar-refractivity contribution in [1.82, 2.24) is 19.8 Å². The van der Waals surface area contributed by atoms with E-state index >= 15 is 0 Å². The van der Waals surface area contributed by atoms with Crippen molar-refractivity contribution in [2.24, 2.45) is 5.92 Å². The maximum absolute atomic E-state index is 14.2. The Hall–Kier alpha value is -3.79. The van der Waals surface area contributed by atoms with Crippen LogP contribution in [0.15, 0.2) is 53.4 Å². The number of anilines is 1. The van der Waals surface area contributed by atoms with Gasteiger partial charge in [-0.05, 0) is 88.2 Å². The van der Waals surface area contributed by atoms with E-state index < -0.39 is 17.8 Å². The average Bonchev–Trinajstić information content (AvgIpc) is 3.09. The second-order valence-electron chi connectivity index (χ2n) is 12.8. The fraction of sp³-hybridized carbons (Fsp3) is 0.455. The van der Waals surface area contributed by atoms with Crippen LogP contribution in [0.1, 0.15) is 62.5 Å². The third kappa shape index (κ3) is 7.41. The normalized spacial score (nSPS) is 18.9. The van der Waals surface area contributed by atoms with Crippen LogP contribution in [0, 0.1) is 19.8 Å². The number of fused-ring (bicyclic) bond motifs is 6. The Kier molecular flexibility index (Phi) is 8.87. The molecule has 3 aromatic rings. The number of hydrogen-bond donors (Lipinski definition) is 1. The van der Waals surface area contributed by atoms with Crippen molar-refractivity contribution < 1.29 is 19.1 Å². The lowest BCUT2D eigenvalue weighted by molar-refractivity contribution is 0.0182. The van der Waals surface area contributed by atoms with Crippen LogP contribution in [0.3, 0.4) is 0 Å². The first-order valence-corrected chi connectivity index (χ1v) is 15.6. The van der Waals surface area contributed by atoms with Crippen LogP contribution in [-0.2, 0) is 4.74 Å². The molecular weight excluding hydrogens is 562 g/mol. The van der Waals surface area contributed by atoms with Gasteiger partial charge in [0.15, 0.2) is 0 Å². The van der Waals surface area contributed by atoms with Crippen molar-refractivity contribution in [1.29, 1.82) is 0 Å². The minimum Gasteiger partial charge on any atom is -0.470 e. The summed E-state index contributed by atoms with van der Waals surface area (Å²) in [6.45, 7) is 14.8. The van der Waals surface area contributed by atoms with Gasteiger partial charge >= 0.3 is 6.09 Å². The smallest absolute Gasteiger partial charge is 0.410 e. The number of carbonyl (C=O) groups is 2. The van der Waals surface area contributed by atoms with Crippen LogP contribution in [0.5, 0.6) is 5.88 Å². The molecule has 43 heavy (non-hydrogen) atoms. The Morgan fingerprint density at radius 2 is 1.79 bits per heavy atom. The maximum Gasteiger partial charge on any atom is 0.410 e. The van der Waals surface area contributed by atoms with E-state index in [1.54, 1.807) is 4.90 Å². The Morgan fingerprint density at radius 1 is 1.07 bits per heavy atom. The predicted octanol–water partition coefficient (Wildman–Crippen LogP) is 6.75. The molecule has 6 bridgehead atoms. The zero-order chi connectivity index (χ0) is 30.9. The summed E-state index contributed by atoms with van der Waals surface area (Å²) in [5, 5.41) is 0. The molecule has 0 spiro atoms. The zero-order valence-electron chi connectivity index (χ0n) is 26.0. The summed E-state index contributed by atoms with van der Waals surface area (Å²) in [4.78, 5) is 41.6. The number of ether oxygens (including phenoxy) is 2. The molecule has 0 aliphatic carbocycles. The molecule has 10 heteroatoms. The van der Waals surface area contributed by atoms with E-state index in [1.807, 2.05) is 62.1 Å². The van der Waals surface area contributed by atoms with Gasteiger partial charge in [-0.3, -0.25) is 9.52 Å².